The number of hydrogen-bond acceptors (Lipinski definition) is 6. The van der Waals surface area contributed by atoms with Gasteiger partial charge in [0.1, 0.15) is 5.51 Å². The van der Waals surface area contributed by atoms with E-state index in [0.29, 0.717) is 17.1 Å². The normalized spacial score (nSPS) is 20.6. The number of halogens is 1. The minimum Gasteiger partial charge on any atom is -0.327 e. The molecule has 0 saturated heterocycles. The van der Waals surface area contributed by atoms with Crippen LogP contribution in [0.1, 0.15) is 25.7 Å². The van der Waals surface area contributed by atoms with Gasteiger partial charge in [0.25, 0.3) is 0 Å². The summed E-state index contributed by atoms with van der Waals surface area (Å²) in [5.41, 5.74) is 8.40. The number of anilines is 1. The molecule has 3 rings (SSSR count). The second kappa shape index (κ2) is 7.61. The Morgan fingerprint density at radius 2 is 2.35 bits per heavy atom. The Hall–Kier alpha value is -1.15. The van der Waals surface area contributed by atoms with Crippen LogP contribution in [0.4, 0.5) is 5.69 Å². The SMILES string of the molecule is N[C@@H]1CCC[C@H]1CC(=O)Nc1ccc(Sc2nncs2)c(Cl)c1. The molecule has 1 fully saturated rings. The Labute approximate surface area is 148 Å². The van der Waals surface area contributed by atoms with Gasteiger partial charge < -0.3 is 11.1 Å². The van der Waals surface area contributed by atoms with Crippen LogP contribution in [0, 0.1) is 5.92 Å². The van der Waals surface area contributed by atoms with E-state index in [4.69, 9.17) is 17.3 Å². The molecule has 8 heteroatoms. The summed E-state index contributed by atoms with van der Waals surface area (Å²) in [4.78, 5) is 13.0. The second-order valence-corrected chi connectivity index (χ2v) is 8.09. The number of rotatable bonds is 5. The van der Waals surface area contributed by atoms with Gasteiger partial charge in [-0.25, -0.2) is 0 Å². The van der Waals surface area contributed by atoms with Crippen LogP contribution in [-0.4, -0.2) is 22.1 Å². The Kier molecular flexibility index (Phi) is 5.53. The van der Waals surface area contributed by atoms with Crippen LogP contribution in [0.3, 0.4) is 0 Å². The molecule has 1 heterocycles. The highest BCUT2D eigenvalue weighted by Crippen LogP contribution is 2.35. The molecule has 0 bridgehead atoms. The third-order valence-electron chi connectivity index (χ3n) is 3.92. The molecular weight excluding hydrogens is 352 g/mol. The lowest BCUT2D eigenvalue weighted by Gasteiger charge is -2.15. The van der Waals surface area contributed by atoms with Gasteiger partial charge in [-0.2, -0.15) is 0 Å². The fourth-order valence-corrected chi connectivity index (χ4v) is 4.47. The molecule has 1 aromatic carbocycles. The molecule has 0 spiro atoms. The van der Waals surface area contributed by atoms with Crippen molar-refractivity contribution in [3.8, 4) is 0 Å². The first-order valence-electron chi connectivity index (χ1n) is 7.41. The maximum absolute atomic E-state index is 12.1. The first kappa shape index (κ1) is 16.7. The molecule has 1 aliphatic rings. The summed E-state index contributed by atoms with van der Waals surface area (Å²) in [6.45, 7) is 0. The van der Waals surface area contributed by atoms with Crippen LogP contribution in [-0.2, 0) is 4.79 Å². The van der Waals surface area contributed by atoms with Gasteiger partial charge in [0, 0.05) is 23.0 Å². The predicted octanol–water partition coefficient (Wildman–Crippen LogP) is 3.80. The highest BCUT2D eigenvalue weighted by Gasteiger charge is 2.26. The highest BCUT2D eigenvalue weighted by atomic mass is 35.5. The summed E-state index contributed by atoms with van der Waals surface area (Å²) < 4.78 is 0.832. The van der Waals surface area contributed by atoms with E-state index in [2.05, 4.69) is 15.5 Å². The lowest BCUT2D eigenvalue weighted by Crippen LogP contribution is -2.28. The van der Waals surface area contributed by atoms with Crippen molar-refractivity contribution in [1.29, 1.82) is 0 Å². The Morgan fingerprint density at radius 3 is 3.00 bits per heavy atom. The fourth-order valence-electron chi connectivity index (χ4n) is 2.73. The number of benzene rings is 1. The number of carbonyl (C=O) groups is 1. The van der Waals surface area contributed by atoms with Crippen molar-refractivity contribution in [2.75, 3.05) is 5.32 Å². The van der Waals surface area contributed by atoms with Crippen molar-refractivity contribution >= 4 is 46.3 Å². The molecule has 2 atom stereocenters. The van der Waals surface area contributed by atoms with Crippen molar-refractivity contribution in [3.63, 3.8) is 0 Å². The van der Waals surface area contributed by atoms with Crippen LogP contribution >= 0.6 is 34.7 Å². The van der Waals surface area contributed by atoms with Crippen LogP contribution < -0.4 is 11.1 Å². The Morgan fingerprint density at radius 1 is 1.48 bits per heavy atom. The number of carbonyl (C=O) groups excluding carboxylic acids is 1. The van der Waals surface area contributed by atoms with Crippen LogP contribution in [0.5, 0.6) is 0 Å². The zero-order valence-corrected chi connectivity index (χ0v) is 14.8. The molecule has 2 aromatic rings. The maximum atomic E-state index is 12.1. The van der Waals surface area contributed by atoms with E-state index in [9.17, 15) is 4.79 Å². The molecule has 5 nitrogen and oxygen atoms in total. The largest absolute Gasteiger partial charge is 0.327 e. The van der Waals surface area contributed by atoms with Gasteiger partial charge in [-0.15, -0.1) is 10.2 Å². The number of hydrogen-bond donors (Lipinski definition) is 2. The monoisotopic (exact) mass is 368 g/mol. The summed E-state index contributed by atoms with van der Waals surface area (Å²) in [7, 11) is 0. The van der Waals surface area contributed by atoms with E-state index in [-0.39, 0.29) is 17.9 Å². The molecular formula is C15H17ClN4OS2. The third-order valence-corrected chi connectivity index (χ3v) is 6.20. The van der Waals surface area contributed by atoms with Crippen molar-refractivity contribution in [2.45, 2.75) is 41.0 Å². The molecule has 122 valence electrons. The van der Waals surface area contributed by atoms with E-state index in [0.717, 1.165) is 28.5 Å². The average molecular weight is 369 g/mol. The van der Waals surface area contributed by atoms with Crippen LogP contribution in [0.15, 0.2) is 32.9 Å². The van der Waals surface area contributed by atoms with E-state index in [1.54, 1.807) is 11.6 Å². The van der Waals surface area contributed by atoms with Gasteiger partial charge in [-0.05, 0) is 37.0 Å². The molecule has 0 aliphatic heterocycles. The van der Waals surface area contributed by atoms with Gasteiger partial charge in [0.05, 0.1) is 5.02 Å². The smallest absolute Gasteiger partial charge is 0.224 e. The lowest BCUT2D eigenvalue weighted by atomic mass is 10.00. The minimum atomic E-state index is -0.00653. The zero-order valence-electron chi connectivity index (χ0n) is 12.4. The molecule has 1 saturated carbocycles. The Balaban J connectivity index is 1.60. The quantitative estimate of drug-likeness (QED) is 0.838. The van der Waals surface area contributed by atoms with Crippen molar-refractivity contribution < 1.29 is 4.79 Å². The van der Waals surface area contributed by atoms with E-state index >= 15 is 0 Å². The molecule has 1 aromatic heterocycles. The average Bonchev–Trinajstić information content (AvgIpc) is 3.15. The van der Waals surface area contributed by atoms with Gasteiger partial charge in [0.15, 0.2) is 4.34 Å². The summed E-state index contributed by atoms with van der Waals surface area (Å²) in [6.07, 6.45) is 3.64. The summed E-state index contributed by atoms with van der Waals surface area (Å²) in [6, 6.07) is 5.64. The van der Waals surface area contributed by atoms with Gasteiger partial charge in [0.2, 0.25) is 5.91 Å². The molecule has 23 heavy (non-hydrogen) atoms. The Bertz CT molecular complexity index is 680. The molecule has 1 aliphatic carbocycles. The highest BCUT2D eigenvalue weighted by molar-refractivity contribution is 8.01. The third kappa shape index (κ3) is 4.44. The molecule has 1 amide bonds. The summed E-state index contributed by atoms with van der Waals surface area (Å²) >= 11 is 9.21. The number of nitrogens with one attached hydrogen (secondary N) is 1. The van der Waals surface area contributed by atoms with Gasteiger partial charge in [-0.1, -0.05) is 41.1 Å². The van der Waals surface area contributed by atoms with Crippen molar-refractivity contribution in [1.82, 2.24) is 10.2 Å². The zero-order chi connectivity index (χ0) is 16.2. The van der Waals surface area contributed by atoms with Gasteiger partial charge in [-0.3, -0.25) is 4.79 Å². The van der Waals surface area contributed by atoms with Crippen LogP contribution in [0.25, 0.3) is 0 Å². The summed E-state index contributed by atoms with van der Waals surface area (Å²) in [5, 5.41) is 11.3. The first-order valence-corrected chi connectivity index (χ1v) is 9.48. The molecule has 3 N–H and O–H groups in total. The summed E-state index contributed by atoms with van der Waals surface area (Å²) in [5.74, 6) is 0.283. The topological polar surface area (TPSA) is 80.9 Å². The number of nitrogens with zero attached hydrogens (tertiary/aromatic N) is 2. The molecule has 0 radical (unpaired) electrons. The minimum absolute atomic E-state index is 0.00653. The number of aromatic nitrogens is 2. The van der Waals surface area contributed by atoms with E-state index < -0.39 is 0 Å². The van der Waals surface area contributed by atoms with E-state index in [1.807, 2.05) is 12.1 Å². The first-order chi connectivity index (χ1) is 11.1. The molecule has 0 unspecified atom stereocenters. The van der Waals surface area contributed by atoms with Crippen molar-refractivity contribution in [2.24, 2.45) is 11.7 Å². The van der Waals surface area contributed by atoms with Crippen molar-refractivity contribution in [3.05, 3.63) is 28.7 Å². The lowest BCUT2D eigenvalue weighted by molar-refractivity contribution is -0.117. The van der Waals surface area contributed by atoms with E-state index in [1.165, 1.54) is 23.1 Å². The second-order valence-electron chi connectivity index (χ2n) is 5.56. The maximum Gasteiger partial charge on any atom is 0.224 e. The van der Waals surface area contributed by atoms with Crippen LogP contribution in [0.2, 0.25) is 5.02 Å². The standard InChI is InChI=1S/C15H17ClN4OS2/c16-11-7-10(4-5-13(11)23-15-20-18-8-22-15)19-14(21)6-9-2-1-3-12(9)17/h4-5,7-9,12H,1-3,6,17H2,(H,19,21)/t9-,12+/m0/s1. The number of amides is 1. The fraction of sp³-hybridized carbons (Fsp3) is 0.400. The number of nitrogens with two attached hydrogens (primary N) is 1. The predicted molar refractivity (Wildman–Crippen MR) is 94.0 cm³/mol. The van der Waals surface area contributed by atoms with Gasteiger partial charge >= 0.3 is 0 Å².